The van der Waals surface area contributed by atoms with Gasteiger partial charge in [-0.15, -0.1) is 0 Å². The molecule has 0 bridgehead atoms. The number of nitrogens with zero attached hydrogens (tertiary/aromatic N) is 2. The SMILES string of the molecule is COc1cc(C(=O)c2ccc3c(c2)c(-c2nc4ccc(F)cc4[nH]2)cn3C)cc(OC)c1OC. The molecular weight excluding hydrogens is 437 g/mol. The topological polar surface area (TPSA) is 78.4 Å². The minimum atomic E-state index is -0.334. The molecule has 0 spiro atoms. The Morgan fingerprint density at radius 2 is 1.68 bits per heavy atom. The van der Waals surface area contributed by atoms with Crippen molar-refractivity contribution in [3.63, 3.8) is 0 Å². The molecule has 8 heteroatoms. The summed E-state index contributed by atoms with van der Waals surface area (Å²) < 4.78 is 31.8. The third-order valence-electron chi connectivity index (χ3n) is 5.88. The third-order valence-corrected chi connectivity index (χ3v) is 5.88. The summed E-state index contributed by atoms with van der Waals surface area (Å²) in [5, 5.41) is 0.848. The first-order valence-corrected chi connectivity index (χ1v) is 10.5. The standard InChI is InChI=1S/C26H22FN3O4/c1-30-13-18(26-28-19-7-6-16(27)12-20(19)29-26)17-9-14(5-8-21(17)30)24(31)15-10-22(32-2)25(34-4)23(11-15)33-3/h5-13H,1-4H3,(H,28,29). The lowest BCUT2D eigenvalue weighted by Gasteiger charge is -2.13. The van der Waals surface area contributed by atoms with Gasteiger partial charge < -0.3 is 23.8 Å². The average molecular weight is 459 g/mol. The maximum atomic E-state index is 13.6. The largest absolute Gasteiger partial charge is 0.493 e. The zero-order valence-electron chi connectivity index (χ0n) is 19.1. The highest BCUT2D eigenvalue weighted by molar-refractivity contribution is 6.12. The normalized spacial score (nSPS) is 11.2. The fourth-order valence-corrected chi connectivity index (χ4v) is 4.21. The van der Waals surface area contributed by atoms with Gasteiger partial charge in [-0.05, 0) is 48.5 Å². The Labute approximate surface area is 194 Å². The molecule has 0 saturated carbocycles. The van der Waals surface area contributed by atoms with Crippen molar-refractivity contribution in [2.75, 3.05) is 21.3 Å². The quantitative estimate of drug-likeness (QED) is 0.357. The summed E-state index contributed by atoms with van der Waals surface area (Å²) in [5.74, 6) is 1.30. The highest BCUT2D eigenvalue weighted by Gasteiger charge is 2.20. The highest BCUT2D eigenvalue weighted by Crippen LogP contribution is 2.39. The van der Waals surface area contributed by atoms with Crippen molar-refractivity contribution in [3.05, 3.63) is 71.7 Å². The summed E-state index contributed by atoms with van der Waals surface area (Å²) in [6.07, 6.45) is 1.94. The molecule has 0 fully saturated rings. The lowest BCUT2D eigenvalue weighted by molar-refractivity contribution is 0.103. The molecule has 0 aliphatic heterocycles. The van der Waals surface area contributed by atoms with E-state index in [-0.39, 0.29) is 11.6 Å². The fraction of sp³-hybridized carbons (Fsp3) is 0.154. The molecule has 7 nitrogen and oxygen atoms in total. The van der Waals surface area contributed by atoms with Gasteiger partial charge in [0.1, 0.15) is 11.6 Å². The van der Waals surface area contributed by atoms with E-state index in [2.05, 4.69) is 9.97 Å². The van der Waals surface area contributed by atoms with Crippen LogP contribution in [0, 0.1) is 5.82 Å². The second-order valence-electron chi connectivity index (χ2n) is 7.88. The second kappa shape index (κ2) is 8.22. The molecule has 34 heavy (non-hydrogen) atoms. The number of aromatic nitrogens is 3. The van der Waals surface area contributed by atoms with Gasteiger partial charge >= 0.3 is 0 Å². The Balaban J connectivity index is 1.62. The zero-order valence-corrected chi connectivity index (χ0v) is 19.1. The van der Waals surface area contributed by atoms with Crippen LogP contribution in [0.4, 0.5) is 4.39 Å². The number of hydrogen-bond acceptors (Lipinski definition) is 5. The van der Waals surface area contributed by atoms with Gasteiger partial charge in [-0.2, -0.15) is 0 Å². The maximum Gasteiger partial charge on any atom is 0.203 e. The number of ketones is 1. The van der Waals surface area contributed by atoms with Gasteiger partial charge in [0.15, 0.2) is 17.3 Å². The molecule has 2 aromatic heterocycles. The van der Waals surface area contributed by atoms with Crippen LogP contribution in [0.1, 0.15) is 15.9 Å². The predicted molar refractivity (Wildman–Crippen MR) is 127 cm³/mol. The van der Waals surface area contributed by atoms with Crippen molar-refractivity contribution >= 4 is 27.7 Å². The summed E-state index contributed by atoms with van der Waals surface area (Å²) in [4.78, 5) is 21.2. The van der Waals surface area contributed by atoms with Crippen LogP contribution in [0.5, 0.6) is 17.2 Å². The smallest absolute Gasteiger partial charge is 0.203 e. The lowest BCUT2D eigenvalue weighted by atomic mass is 10.00. The van der Waals surface area contributed by atoms with Crippen LogP contribution < -0.4 is 14.2 Å². The van der Waals surface area contributed by atoms with Crippen LogP contribution in [-0.4, -0.2) is 41.6 Å². The Hall–Kier alpha value is -4.33. The highest BCUT2D eigenvalue weighted by atomic mass is 19.1. The van der Waals surface area contributed by atoms with Gasteiger partial charge in [0.25, 0.3) is 0 Å². The molecule has 5 rings (SSSR count). The van der Waals surface area contributed by atoms with E-state index < -0.39 is 0 Å². The first-order valence-electron chi connectivity index (χ1n) is 10.5. The number of aromatic amines is 1. The van der Waals surface area contributed by atoms with E-state index >= 15 is 0 Å². The molecular formula is C26H22FN3O4. The number of nitrogens with one attached hydrogen (secondary N) is 1. The summed E-state index contributed by atoms with van der Waals surface area (Å²) >= 11 is 0. The Kier molecular flexibility index (Phi) is 5.20. The number of H-pyrrole nitrogens is 1. The minimum absolute atomic E-state index is 0.192. The van der Waals surface area contributed by atoms with Gasteiger partial charge in [0.2, 0.25) is 5.75 Å². The van der Waals surface area contributed by atoms with Crippen molar-refractivity contribution in [2.24, 2.45) is 7.05 Å². The van der Waals surface area contributed by atoms with Gasteiger partial charge in [-0.25, -0.2) is 9.37 Å². The molecule has 0 unspecified atom stereocenters. The fourth-order valence-electron chi connectivity index (χ4n) is 4.21. The van der Waals surface area contributed by atoms with Crippen molar-refractivity contribution in [3.8, 4) is 28.6 Å². The van der Waals surface area contributed by atoms with Gasteiger partial charge in [-0.3, -0.25) is 4.79 Å². The summed E-state index contributed by atoms with van der Waals surface area (Å²) in [7, 11) is 6.45. The number of benzene rings is 3. The number of methoxy groups -OCH3 is 3. The van der Waals surface area contributed by atoms with Gasteiger partial charge in [0.05, 0.1) is 32.4 Å². The summed E-state index contributed by atoms with van der Waals surface area (Å²) in [6, 6.07) is 13.2. The number of aryl methyl sites for hydroxylation is 1. The first-order chi connectivity index (χ1) is 16.4. The lowest BCUT2D eigenvalue weighted by Crippen LogP contribution is -2.04. The van der Waals surface area contributed by atoms with Crippen LogP contribution >= 0.6 is 0 Å². The van der Waals surface area contributed by atoms with Crippen LogP contribution in [0.3, 0.4) is 0 Å². The molecule has 0 amide bonds. The van der Waals surface area contributed by atoms with Crippen LogP contribution in [0.25, 0.3) is 33.3 Å². The molecule has 0 aliphatic rings. The van der Waals surface area contributed by atoms with E-state index in [1.165, 1.54) is 33.5 Å². The van der Waals surface area contributed by atoms with E-state index in [9.17, 15) is 9.18 Å². The van der Waals surface area contributed by atoms with Crippen LogP contribution in [0.15, 0.2) is 54.7 Å². The minimum Gasteiger partial charge on any atom is -0.493 e. The van der Waals surface area contributed by atoms with Gasteiger partial charge in [-0.1, -0.05) is 0 Å². The maximum absolute atomic E-state index is 13.6. The van der Waals surface area contributed by atoms with E-state index in [1.54, 1.807) is 24.3 Å². The molecule has 0 saturated heterocycles. The second-order valence-corrected chi connectivity index (χ2v) is 7.88. The molecule has 172 valence electrons. The number of imidazole rings is 1. The zero-order chi connectivity index (χ0) is 24.0. The summed E-state index contributed by atoms with van der Waals surface area (Å²) in [6.45, 7) is 0. The van der Waals surface area contributed by atoms with E-state index in [4.69, 9.17) is 14.2 Å². The van der Waals surface area contributed by atoms with Crippen molar-refractivity contribution in [2.45, 2.75) is 0 Å². The number of rotatable bonds is 6. The van der Waals surface area contributed by atoms with Gasteiger partial charge in [0, 0.05) is 40.8 Å². The molecule has 2 heterocycles. The first kappa shape index (κ1) is 21.5. The molecule has 0 radical (unpaired) electrons. The third kappa shape index (κ3) is 3.44. The van der Waals surface area contributed by atoms with E-state index in [0.29, 0.717) is 45.2 Å². The Morgan fingerprint density at radius 1 is 0.941 bits per heavy atom. The average Bonchev–Trinajstić information content (AvgIpc) is 3.42. The van der Waals surface area contributed by atoms with Crippen LogP contribution in [-0.2, 0) is 7.05 Å². The number of hydrogen-bond donors (Lipinski definition) is 1. The Bertz CT molecular complexity index is 1540. The monoisotopic (exact) mass is 459 g/mol. The predicted octanol–water partition coefficient (Wildman–Crippen LogP) is 5.12. The van der Waals surface area contributed by atoms with Crippen LogP contribution in [0.2, 0.25) is 0 Å². The summed E-state index contributed by atoms with van der Waals surface area (Å²) in [5.41, 5.74) is 3.92. The number of halogens is 1. The number of fused-ring (bicyclic) bond motifs is 2. The number of carbonyl (C=O) groups excluding carboxylic acids is 1. The molecule has 1 N–H and O–H groups in total. The number of carbonyl (C=O) groups is 1. The van der Waals surface area contributed by atoms with E-state index in [1.807, 2.05) is 29.9 Å². The Morgan fingerprint density at radius 3 is 2.35 bits per heavy atom. The van der Waals surface area contributed by atoms with Crippen molar-refractivity contribution in [1.82, 2.24) is 14.5 Å². The molecule has 5 aromatic rings. The number of ether oxygens (including phenoxy) is 3. The van der Waals surface area contributed by atoms with E-state index in [0.717, 1.165) is 16.5 Å². The molecule has 0 aliphatic carbocycles. The van der Waals surface area contributed by atoms with Crippen molar-refractivity contribution < 1.29 is 23.4 Å². The molecule has 0 atom stereocenters. The molecule has 3 aromatic carbocycles. The van der Waals surface area contributed by atoms with Crippen molar-refractivity contribution in [1.29, 1.82) is 0 Å².